The second kappa shape index (κ2) is 12.6. The van der Waals surface area contributed by atoms with Crippen molar-refractivity contribution < 1.29 is 19.5 Å². The molecule has 5 N–H and O–H groups in total. The maximum Gasteiger partial charge on any atom is 0.255 e. The van der Waals surface area contributed by atoms with E-state index in [1.165, 1.54) is 4.90 Å². The molecule has 0 aliphatic carbocycles. The molecule has 0 saturated carbocycles. The lowest BCUT2D eigenvalue weighted by atomic mass is 9.86. The van der Waals surface area contributed by atoms with Crippen LogP contribution in [0.15, 0.2) is 71.7 Å². The van der Waals surface area contributed by atoms with Crippen molar-refractivity contribution in [2.75, 3.05) is 36.6 Å². The molecule has 43 heavy (non-hydrogen) atoms. The molecule has 1 atom stereocenters. The van der Waals surface area contributed by atoms with Gasteiger partial charge in [0.1, 0.15) is 0 Å². The fourth-order valence-electron chi connectivity index (χ4n) is 4.77. The lowest BCUT2D eigenvalue weighted by molar-refractivity contribution is -0.114. The number of benzene rings is 3. The van der Waals surface area contributed by atoms with Gasteiger partial charge in [0.2, 0.25) is 5.78 Å². The zero-order chi connectivity index (χ0) is 31.5. The Kier molecular flexibility index (Phi) is 9.16. The lowest BCUT2D eigenvalue weighted by Crippen LogP contribution is -2.31. The van der Waals surface area contributed by atoms with E-state index in [1.807, 2.05) is 49.4 Å². The molecule has 0 bridgehead atoms. The van der Waals surface area contributed by atoms with E-state index < -0.39 is 5.92 Å². The van der Waals surface area contributed by atoms with Crippen LogP contribution in [0.2, 0.25) is 0 Å². The molecular weight excluding hydrogens is 542 g/mol. The highest BCUT2D eigenvalue weighted by Gasteiger charge is 2.26. The van der Waals surface area contributed by atoms with Gasteiger partial charge in [0.05, 0.1) is 17.9 Å². The van der Waals surface area contributed by atoms with E-state index >= 15 is 0 Å². The number of aliphatic imine (C=N–C) groups is 1. The molecule has 224 valence electrons. The van der Waals surface area contributed by atoms with Gasteiger partial charge in [-0.05, 0) is 65.9 Å². The number of rotatable bonds is 7. The summed E-state index contributed by atoms with van der Waals surface area (Å²) in [5, 5.41) is 15.2. The van der Waals surface area contributed by atoms with Gasteiger partial charge in [-0.25, -0.2) is 4.99 Å². The summed E-state index contributed by atoms with van der Waals surface area (Å²) in [5.74, 6) is -1.01. The number of amides is 2. The number of nitrogens with two attached hydrogens (primary N) is 1. The first-order valence-electron chi connectivity index (χ1n) is 14.2. The standard InChI is InChI=1S/C34H39N5O4/c1-20-18-29(37-31(30(20)41)36-24-14-15-26(27(35)19-24)33(43)39(6)16-17-40)25-8-7-9-28(21(25)2)38-32(42)22-10-12-23(13-11-22)34(3,4)5/h7-15,18-20,40H,16-17,35H2,1-6H3,(H,36,37)(H,38,42). The fourth-order valence-corrected chi connectivity index (χ4v) is 4.77. The van der Waals surface area contributed by atoms with Crippen molar-refractivity contribution in [2.24, 2.45) is 10.9 Å². The highest BCUT2D eigenvalue weighted by atomic mass is 16.3. The number of nitrogen functional groups attached to an aromatic ring is 1. The third-order valence-corrected chi connectivity index (χ3v) is 7.48. The van der Waals surface area contributed by atoms with Crippen LogP contribution in [0.25, 0.3) is 5.70 Å². The number of nitrogens with one attached hydrogen (secondary N) is 2. The molecule has 9 nitrogen and oxygen atoms in total. The van der Waals surface area contributed by atoms with E-state index in [4.69, 9.17) is 10.8 Å². The summed E-state index contributed by atoms with van der Waals surface area (Å²) < 4.78 is 0. The van der Waals surface area contributed by atoms with Crippen molar-refractivity contribution in [3.63, 3.8) is 0 Å². The van der Waals surface area contributed by atoms with Crippen molar-refractivity contribution >= 4 is 46.2 Å². The second-order valence-corrected chi connectivity index (χ2v) is 11.8. The second-order valence-electron chi connectivity index (χ2n) is 11.8. The molecule has 9 heteroatoms. The average Bonchev–Trinajstić information content (AvgIpc) is 2.96. The monoisotopic (exact) mass is 581 g/mol. The van der Waals surface area contributed by atoms with E-state index in [0.717, 1.165) is 16.7 Å². The first-order valence-corrected chi connectivity index (χ1v) is 14.2. The number of carbonyl (C=O) groups excluding carboxylic acids is 3. The summed E-state index contributed by atoms with van der Waals surface area (Å²) in [5.41, 5.74) is 11.8. The van der Waals surface area contributed by atoms with Gasteiger partial charge < -0.3 is 26.4 Å². The molecule has 1 aliphatic rings. The number of hydrogen-bond donors (Lipinski definition) is 4. The molecular formula is C34H39N5O4. The van der Waals surface area contributed by atoms with Crippen molar-refractivity contribution in [1.82, 2.24) is 4.90 Å². The Hall–Kier alpha value is -4.76. The molecule has 0 saturated heterocycles. The van der Waals surface area contributed by atoms with Crippen LogP contribution in [0.1, 0.15) is 65.1 Å². The smallest absolute Gasteiger partial charge is 0.255 e. The quantitative estimate of drug-likeness (QED) is 0.281. The summed E-state index contributed by atoms with van der Waals surface area (Å²) in [4.78, 5) is 44.8. The molecule has 0 aromatic heterocycles. The Morgan fingerprint density at radius 3 is 2.40 bits per heavy atom. The SMILES string of the molecule is Cc1c(NC(=O)c2ccc(C(C)(C)C)cc2)cccc1C1=CC(C)C(=O)C(Nc2ccc(C(=O)N(C)CCO)c(N)c2)=N1. The number of aliphatic hydroxyl groups is 1. The number of nitrogens with zero attached hydrogens (tertiary/aromatic N) is 2. The fraction of sp³-hybridized carbons (Fsp3) is 0.294. The van der Waals surface area contributed by atoms with Crippen molar-refractivity contribution in [3.05, 3.63) is 94.6 Å². The molecule has 1 aliphatic heterocycles. The van der Waals surface area contributed by atoms with Gasteiger partial charge in [-0.2, -0.15) is 0 Å². The molecule has 0 radical (unpaired) electrons. The Labute approximate surface area is 252 Å². The number of amidine groups is 1. The Morgan fingerprint density at radius 2 is 1.77 bits per heavy atom. The summed E-state index contributed by atoms with van der Waals surface area (Å²) in [7, 11) is 1.58. The third-order valence-electron chi connectivity index (χ3n) is 7.48. The number of ketones is 1. The number of Topliss-reactive ketones (excluding diaryl/α,β-unsaturated/α-hetero) is 1. The van der Waals surface area contributed by atoms with Crippen LogP contribution in [0, 0.1) is 12.8 Å². The maximum absolute atomic E-state index is 13.1. The number of anilines is 3. The van der Waals surface area contributed by atoms with Gasteiger partial charge in [-0.3, -0.25) is 14.4 Å². The minimum absolute atomic E-state index is 0.00680. The predicted molar refractivity (Wildman–Crippen MR) is 172 cm³/mol. The molecule has 4 rings (SSSR count). The van der Waals surface area contributed by atoms with Crippen LogP contribution in [0.3, 0.4) is 0 Å². The average molecular weight is 582 g/mol. The number of likely N-dealkylation sites (N-methyl/N-ethyl adjacent to an activating group) is 1. The Morgan fingerprint density at radius 1 is 1.07 bits per heavy atom. The van der Waals surface area contributed by atoms with E-state index in [1.54, 1.807) is 38.2 Å². The van der Waals surface area contributed by atoms with Gasteiger partial charge in [0.25, 0.3) is 11.8 Å². The summed E-state index contributed by atoms with van der Waals surface area (Å²) in [6.07, 6.45) is 1.81. The van der Waals surface area contributed by atoms with Gasteiger partial charge in [-0.15, -0.1) is 0 Å². The molecule has 3 aromatic carbocycles. The van der Waals surface area contributed by atoms with Crippen molar-refractivity contribution in [2.45, 2.75) is 40.0 Å². The Bertz CT molecular complexity index is 1620. The van der Waals surface area contributed by atoms with Crippen molar-refractivity contribution in [3.8, 4) is 0 Å². The number of hydrogen-bond acceptors (Lipinski definition) is 7. The normalized spacial score (nSPS) is 15.0. The van der Waals surface area contributed by atoms with E-state index in [2.05, 4.69) is 36.4 Å². The highest BCUT2D eigenvalue weighted by Crippen LogP contribution is 2.31. The van der Waals surface area contributed by atoms with Gasteiger partial charge in [0.15, 0.2) is 5.84 Å². The molecule has 0 fully saturated rings. The molecule has 1 heterocycles. The number of aliphatic hydroxyl groups excluding tert-OH is 1. The maximum atomic E-state index is 13.1. The lowest BCUT2D eigenvalue weighted by Gasteiger charge is -2.21. The summed E-state index contributed by atoms with van der Waals surface area (Å²) >= 11 is 0. The highest BCUT2D eigenvalue weighted by molar-refractivity contribution is 6.45. The zero-order valence-corrected chi connectivity index (χ0v) is 25.5. The predicted octanol–water partition coefficient (Wildman–Crippen LogP) is 5.26. The molecule has 2 amide bonds. The molecule has 0 spiro atoms. The topological polar surface area (TPSA) is 137 Å². The van der Waals surface area contributed by atoms with Gasteiger partial charge in [0, 0.05) is 47.7 Å². The largest absolute Gasteiger partial charge is 0.398 e. The zero-order valence-electron chi connectivity index (χ0n) is 25.5. The Balaban J connectivity index is 1.56. The van der Waals surface area contributed by atoms with Crippen LogP contribution in [-0.2, 0) is 10.2 Å². The van der Waals surface area contributed by atoms with Crippen molar-refractivity contribution in [1.29, 1.82) is 0 Å². The first kappa shape index (κ1) is 31.2. The van der Waals surface area contributed by atoms with Crippen LogP contribution < -0.4 is 16.4 Å². The van der Waals surface area contributed by atoms with Gasteiger partial charge in [-0.1, -0.05) is 52.0 Å². The summed E-state index contributed by atoms with van der Waals surface area (Å²) in [6, 6.07) is 18.0. The number of allylic oxidation sites excluding steroid dienone is 1. The van der Waals surface area contributed by atoms with Crippen LogP contribution in [0.5, 0.6) is 0 Å². The van der Waals surface area contributed by atoms with E-state index in [0.29, 0.717) is 28.2 Å². The van der Waals surface area contributed by atoms with E-state index in [9.17, 15) is 14.4 Å². The van der Waals surface area contributed by atoms with Crippen LogP contribution in [0.4, 0.5) is 17.1 Å². The first-order chi connectivity index (χ1) is 20.3. The summed E-state index contributed by atoms with van der Waals surface area (Å²) in [6.45, 7) is 10.1. The molecule has 1 unspecified atom stereocenters. The van der Waals surface area contributed by atoms with Crippen LogP contribution in [-0.4, -0.2) is 53.6 Å². The van der Waals surface area contributed by atoms with Crippen LogP contribution >= 0.6 is 0 Å². The van der Waals surface area contributed by atoms with Gasteiger partial charge >= 0.3 is 0 Å². The minimum atomic E-state index is -0.445. The third kappa shape index (κ3) is 7.01. The number of carbonyl (C=O) groups is 3. The molecule has 3 aromatic rings. The van der Waals surface area contributed by atoms with E-state index in [-0.39, 0.29) is 47.7 Å². The minimum Gasteiger partial charge on any atom is -0.398 e.